The van der Waals surface area contributed by atoms with Gasteiger partial charge in [0, 0.05) is 18.7 Å². The number of thioether (sulfide) groups is 1. The smallest absolute Gasteiger partial charge is 0.230 e. The minimum atomic E-state index is 0.0672. The molecular formula is C20H25ClN4OS. The number of amides is 1. The van der Waals surface area contributed by atoms with Crippen LogP contribution in [-0.4, -0.2) is 32.5 Å². The largest absolute Gasteiger partial charge is 0.353 e. The summed E-state index contributed by atoms with van der Waals surface area (Å²) in [4.78, 5) is 12.4. The van der Waals surface area contributed by atoms with E-state index in [9.17, 15) is 4.79 Å². The Hall–Kier alpha value is -1.53. The van der Waals surface area contributed by atoms with Crippen LogP contribution in [0.2, 0.25) is 5.02 Å². The lowest BCUT2D eigenvalue weighted by atomic mass is 9.84. The molecule has 5 nitrogen and oxygen atoms in total. The number of rotatable bonds is 6. The fourth-order valence-electron chi connectivity index (χ4n) is 4.76. The van der Waals surface area contributed by atoms with Crippen LogP contribution in [0.4, 0.5) is 0 Å². The van der Waals surface area contributed by atoms with Crippen molar-refractivity contribution in [1.82, 2.24) is 20.1 Å². The highest BCUT2D eigenvalue weighted by atomic mass is 35.5. The quantitative estimate of drug-likeness (QED) is 0.734. The van der Waals surface area contributed by atoms with Crippen molar-refractivity contribution in [3.63, 3.8) is 0 Å². The van der Waals surface area contributed by atoms with E-state index in [4.69, 9.17) is 11.6 Å². The Morgan fingerprint density at radius 3 is 2.85 bits per heavy atom. The first-order chi connectivity index (χ1) is 13.0. The first-order valence-corrected chi connectivity index (χ1v) is 11.0. The molecule has 4 atom stereocenters. The molecular weight excluding hydrogens is 380 g/mol. The number of hydrogen-bond donors (Lipinski definition) is 1. The third-order valence-electron chi connectivity index (χ3n) is 6.11. The van der Waals surface area contributed by atoms with Gasteiger partial charge in [-0.25, -0.2) is 0 Å². The van der Waals surface area contributed by atoms with Gasteiger partial charge < -0.3 is 9.88 Å². The second kappa shape index (κ2) is 7.84. The molecule has 0 radical (unpaired) electrons. The zero-order chi connectivity index (χ0) is 19.0. The minimum Gasteiger partial charge on any atom is -0.353 e. The molecule has 27 heavy (non-hydrogen) atoms. The Kier molecular flexibility index (Phi) is 5.46. The molecule has 0 saturated heterocycles. The molecule has 144 valence electrons. The number of hydrogen-bond acceptors (Lipinski definition) is 4. The van der Waals surface area contributed by atoms with Crippen LogP contribution in [0.1, 0.15) is 32.6 Å². The van der Waals surface area contributed by atoms with Gasteiger partial charge in [0.25, 0.3) is 0 Å². The van der Waals surface area contributed by atoms with Gasteiger partial charge in [0.1, 0.15) is 0 Å². The Morgan fingerprint density at radius 2 is 2.15 bits per heavy atom. The number of halogens is 1. The van der Waals surface area contributed by atoms with E-state index in [1.54, 1.807) is 0 Å². The zero-order valence-corrected chi connectivity index (χ0v) is 17.3. The molecule has 1 heterocycles. The first kappa shape index (κ1) is 18.8. The average Bonchev–Trinajstić information content (AvgIpc) is 3.37. The summed E-state index contributed by atoms with van der Waals surface area (Å²) < 4.78 is 1.89. The van der Waals surface area contributed by atoms with Crippen LogP contribution in [0.15, 0.2) is 29.4 Å². The van der Waals surface area contributed by atoms with Crippen LogP contribution in [0.3, 0.4) is 0 Å². The standard InChI is InChI=1S/C20H25ClN4OS/c1-12(16-10-13-7-8-14(16)9-13)22-18(26)11-27-20-24-23-19(25(20)2)15-5-3-4-6-17(15)21/h3-6,12-14,16H,7-11H2,1-2H3,(H,22,26). The lowest BCUT2D eigenvalue weighted by Gasteiger charge is -2.28. The van der Waals surface area contributed by atoms with E-state index in [0.717, 1.165) is 17.4 Å². The van der Waals surface area contributed by atoms with Gasteiger partial charge in [-0.05, 0) is 56.1 Å². The molecule has 1 amide bonds. The molecule has 0 spiro atoms. The summed E-state index contributed by atoms with van der Waals surface area (Å²) in [6.07, 6.45) is 5.37. The molecule has 0 aliphatic heterocycles. The fourth-order valence-corrected chi connectivity index (χ4v) is 5.70. The fraction of sp³-hybridized carbons (Fsp3) is 0.550. The Morgan fingerprint density at radius 1 is 1.33 bits per heavy atom. The summed E-state index contributed by atoms with van der Waals surface area (Å²) in [6, 6.07) is 7.83. The summed E-state index contributed by atoms with van der Waals surface area (Å²) in [5.74, 6) is 3.49. The monoisotopic (exact) mass is 404 g/mol. The maximum Gasteiger partial charge on any atom is 0.230 e. The minimum absolute atomic E-state index is 0.0672. The second-order valence-corrected chi connectivity index (χ2v) is 9.18. The molecule has 1 aromatic heterocycles. The lowest BCUT2D eigenvalue weighted by Crippen LogP contribution is -2.40. The number of nitrogens with one attached hydrogen (secondary N) is 1. The first-order valence-electron chi connectivity index (χ1n) is 9.59. The van der Waals surface area contributed by atoms with Gasteiger partial charge in [0.2, 0.25) is 5.91 Å². The average molecular weight is 405 g/mol. The molecule has 2 aliphatic rings. The van der Waals surface area contributed by atoms with Crippen molar-refractivity contribution >= 4 is 29.3 Å². The van der Waals surface area contributed by atoms with E-state index in [2.05, 4.69) is 22.4 Å². The van der Waals surface area contributed by atoms with Crippen LogP contribution in [0.25, 0.3) is 11.4 Å². The Labute approximate surface area is 169 Å². The molecule has 2 fully saturated rings. The van der Waals surface area contributed by atoms with Crippen molar-refractivity contribution in [2.75, 3.05) is 5.75 Å². The zero-order valence-electron chi connectivity index (χ0n) is 15.7. The summed E-state index contributed by atoms with van der Waals surface area (Å²) >= 11 is 7.67. The predicted molar refractivity (Wildman–Crippen MR) is 109 cm³/mol. The lowest BCUT2D eigenvalue weighted by molar-refractivity contribution is -0.119. The van der Waals surface area contributed by atoms with Gasteiger partial charge in [-0.3, -0.25) is 4.79 Å². The molecule has 2 aromatic rings. The molecule has 1 aromatic carbocycles. The van der Waals surface area contributed by atoms with Gasteiger partial charge in [0.15, 0.2) is 11.0 Å². The third-order valence-corrected chi connectivity index (χ3v) is 7.46. The van der Waals surface area contributed by atoms with E-state index in [1.807, 2.05) is 35.9 Å². The number of carbonyl (C=O) groups excluding carboxylic acids is 1. The van der Waals surface area contributed by atoms with E-state index in [1.165, 1.54) is 37.4 Å². The van der Waals surface area contributed by atoms with Crippen LogP contribution >= 0.6 is 23.4 Å². The molecule has 2 bridgehead atoms. The van der Waals surface area contributed by atoms with E-state index < -0.39 is 0 Å². The molecule has 1 N–H and O–H groups in total. The van der Waals surface area contributed by atoms with E-state index in [0.29, 0.717) is 27.7 Å². The van der Waals surface area contributed by atoms with Crippen LogP contribution < -0.4 is 5.32 Å². The van der Waals surface area contributed by atoms with E-state index in [-0.39, 0.29) is 11.9 Å². The summed E-state index contributed by atoms with van der Waals surface area (Å²) in [6.45, 7) is 2.16. The number of carbonyl (C=O) groups is 1. The topological polar surface area (TPSA) is 59.8 Å². The van der Waals surface area contributed by atoms with Crippen LogP contribution in [-0.2, 0) is 11.8 Å². The maximum absolute atomic E-state index is 12.4. The van der Waals surface area contributed by atoms with Gasteiger partial charge in [-0.15, -0.1) is 10.2 Å². The van der Waals surface area contributed by atoms with Crippen molar-refractivity contribution in [2.24, 2.45) is 24.8 Å². The number of benzene rings is 1. The van der Waals surface area contributed by atoms with Crippen LogP contribution in [0.5, 0.6) is 0 Å². The van der Waals surface area contributed by atoms with Gasteiger partial charge in [-0.1, -0.05) is 41.9 Å². The van der Waals surface area contributed by atoms with Crippen LogP contribution in [0, 0.1) is 17.8 Å². The second-order valence-electron chi connectivity index (χ2n) is 7.83. The molecule has 2 aliphatic carbocycles. The summed E-state index contributed by atoms with van der Waals surface area (Å²) in [5.41, 5.74) is 0.843. The Balaban J connectivity index is 1.34. The normalized spacial score (nSPS) is 24.9. The molecule has 4 rings (SSSR count). The number of fused-ring (bicyclic) bond motifs is 2. The van der Waals surface area contributed by atoms with Crippen molar-refractivity contribution < 1.29 is 4.79 Å². The highest BCUT2D eigenvalue weighted by molar-refractivity contribution is 7.99. The summed E-state index contributed by atoms with van der Waals surface area (Å²) in [7, 11) is 1.90. The highest BCUT2D eigenvalue weighted by Gasteiger charge is 2.42. The number of aromatic nitrogens is 3. The molecule has 4 unspecified atom stereocenters. The number of nitrogens with zero attached hydrogens (tertiary/aromatic N) is 3. The summed E-state index contributed by atoms with van der Waals surface area (Å²) in [5, 5.41) is 13.0. The van der Waals surface area contributed by atoms with Gasteiger partial charge >= 0.3 is 0 Å². The van der Waals surface area contributed by atoms with Gasteiger partial charge in [-0.2, -0.15) is 0 Å². The highest BCUT2D eigenvalue weighted by Crippen LogP contribution is 2.49. The van der Waals surface area contributed by atoms with Gasteiger partial charge in [0.05, 0.1) is 10.8 Å². The maximum atomic E-state index is 12.4. The Bertz CT molecular complexity index is 839. The van der Waals surface area contributed by atoms with Crippen molar-refractivity contribution in [1.29, 1.82) is 0 Å². The van der Waals surface area contributed by atoms with Crippen molar-refractivity contribution in [2.45, 2.75) is 43.8 Å². The third kappa shape index (κ3) is 3.87. The predicted octanol–water partition coefficient (Wildman–Crippen LogP) is 4.17. The van der Waals surface area contributed by atoms with E-state index >= 15 is 0 Å². The molecule has 7 heteroatoms. The van der Waals surface area contributed by atoms with Crippen molar-refractivity contribution in [3.05, 3.63) is 29.3 Å². The molecule has 2 saturated carbocycles. The SMILES string of the molecule is CC(NC(=O)CSc1nnc(-c2ccccc2Cl)n1C)C1CC2CCC1C2. The van der Waals surface area contributed by atoms with Crippen molar-refractivity contribution in [3.8, 4) is 11.4 Å².